The molecule has 1 saturated heterocycles. The van der Waals surface area contributed by atoms with E-state index in [1.54, 1.807) is 12.1 Å². The average molecular weight is 518 g/mol. The Hall–Kier alpha value is -2.44. The zero-order chi connectivity index (χ0) is 25.1. The molecular formula is C31H31F2NP2. The van der Waals surface area contributed by atoms with Crippen LogP contribution in [0.2, 0.25) is 0 Å². The van der Waals surface area contributed by atoms with Crippen LogP contribution in [0.1, 0.15) is 49.1 Å². The summed E-state index contributed by atoms with van der Waals surface area (Å²) in [5.74, 6) is -0.529. The molecule has 184 valence electrons. The summed E-state index contributed by atoms with van der Waals surface area (Å²) in [6, 6.07) is 35.4. The fraction of sp³-hybridized carbons (Fsp3) is 0.226. The van der Waals surface area contributed by atoms with Crippen molar-refractivity contribution in [2.45, 2.75) is 44.0 Å². The largest absolute Gasteiger partial charge is 0.249 e. The third kappa shape index (κ3) is 5.03. The molecule has 1 aliphatic heterocycles. The lowest BCUT2D eigenvalue weighted by Gasteiger charge is -2.45. The highest BCUT2D eigenvalue weighted by Crippen LogP contribution is 2.76. The van der Waals surface area contributed by atoms with Gasteiger partial charge in [-0.15, -0.1) is 0 Å². The molecule has 5 rings (SSSR count). The van der Waals surface area contributed by atoms with Crippen LogP contribution in [0.25, 0.3) is 0 Å². The third-order valence-corrected chi connectivity index (χ3v) is 13.8. The van der Waals surface area contributed by atoms with Gasteiger partial charge in [-0.3, -0.25) is 0 Å². The maximum absolute atomic E-state index is 15.5. The van der Waals surface area contributed by atoms with Crippen LogP contribution in [0.3, 0.4) is 0 Å². The van der Waals surface area contributed by atoms with Gasteiger partial charge in [0.05, 0.1) is 0 Å². The molecule has 0 bridgehead atoms. The van der Waals surface area contributed by atoms with Crippen molar-refractivity contribution in [3.05, 3.63) is 132 Å². The maximum Gasteiger partial charge on any atom is 0.132 e. The summed E-state index contributed by atoms with van der Waals surface area (Å²) in [6.45, 7) is 4.36. The van der Waals surface area contributed by atoms with Crippen molar-refractivity contribution in [1.29, 1.82) is 0 Å². The van der Waals surface area contributed by atoms with Gasteiger partial charge in [0.1, 0.15) is 11.6 Å². The Bertz CT molecular complexity index is 1190. The molecule has 2 atom stereocenters. The molecule has 0 aromatic heterocycles. The van der Waals surface area contributed by atoms with Crippen molar-refractivity contribution in [3.63, 3.8) is 0 Å². The predicted molar refractivity (Wildman–Crippen MR) is 150 cm³/mol. The summed E-state index contributed by atoms with van der Waals surface area (Å²) < 4.78 is 33.5. The first-order valence-electron chi connectivity index (χ1n) is 12.5. The molecule has 1 heterocycles. The van der Waals surface area contributed by atoms with Crippen LogP contribution in [0.4, 0.5) is 8.78 Å². The van der Waals surface area contributed by atoms with E-state index in [4.69, 9.17) is 0 Å². The van der Waals surface area contributed by atoms with Gasteiger partial charge < -0.3 is 0 Å². The second-order valence-corrected chi connectivity index (χ2v) is 14.2. The van der Waals surface area contributed by atoms with Gasteiger partial charge in [-0.05, 0) is 70.2 Å². The number of hydrogen-bond donors (Lipinski definition) is 0. The fourth-order valence-electron chi connectivity index (χ4n) is 5.27. The van der Waals surface area contributed by atoms with E-state index in [1.807, 2.05) is 24.3 Å². The molecule has 1 aliphatic rings. The van der Waals surface area contributed by atoms with Crippen LogP contribution < -0.4 is 10.6 Å². The molecule has 4 aromatic carbocycles. The maximum atomic E-state index is 15.5. The Labute approximate surface area is 215 Å². The van der Waals surface area contributed by atoms with Gasteiger partial charge in [-0.2, -0.15) is 0 Å². The van der Waals surface area contributed by atoms with Gasteiger partial charge in [-0.1, -0.05) is 84.9 Å². The number of nitrogens with zero attached hydrogens (tertiary/aromatic N) is 1. The minimum Gasteiger partial charge on any atom is -0.249 e. The summed E-state index contributed by atoms with van der Waals surface area (Å²) in [7, 11) is -2.24. The smallest absolute Gasteiger partial charge is 0.132 e. The van der Waals surface area contributed by atoms with Crippen LogP contribution in [0, 0.1) is 11.6 Å². The molecule has 1 fully saturated rings. The lowest BCUT2D eigenvalue weighted by Crippen LogP contribution is -2.33. The van der Waals surface area contributed by atoms with E-state index < -0.39 is 16.1 Å². The Balaban J connectivity index is 1.72. The van der Waals surface area contributed by atoms with Crippen molar-refractivity contribution < 1.29 is 8.78 Å². The summed E-state index contributed by atoms with van der Waals surface area (Å²) in [5.41, 5.74) is 3.31. The zero-order valence-corrected chi connectivity index (χ0v) is 22.4. The van der Waals surface area contributed by atoms with Crippen molar-refractivity contribution in [2.75, 3.05) is 0 Å². The van der Waals surface area contributed by atoms with E-state index in [0.717, 1.165) is 12.8 Å². The molecule has 0 radical (unpaired) electrons. The first-order valence-corrected chi connectivity index (χ1v) is 15.3. The minimum absolute atomic E-state index is 0.108. The van der Waals surface area contributed by atoms with Gasteiger partial charge in [0.25, 0.3) is 0 Å². The van der Waals surface area contributed by atoms with E-state index in [0.29, 0.717) is 21.9 Å². The number of hydrogen-bond acceptors (Lipinski definition) is 1. The molecule has 5 heteroatoms. The van der Waals surface area contributed by atoms with Gasteiger partial charge >= 0.3 is 0 Å². The topological polar surface area (TPSA) is 3.24 Å². The molecule has 0 unspecified atom stereocenters. The second-order valence-electron chi connectivity index (χ2n) is 9.44. The normalized spacial score (nSPS) is 18.4. The van der Waals surface area contributed by atoms with Gasteiger partial charge in [0.15, 0.2) is 0 Å². The van der Waals surface area contributed by atoms with E-state index in [1.165, 1.54) is 23.3 Å². The van der Waals surface area contributed by atoms with Crippen molar-refractivity contribution >= 4 is 26.8 Å². The van der Waals surface area contributed by atoms with E-state index in [-0.39, 0.29) is 17.7 Å². The highest BCUT2D eigenvalue weighted by molar-refractivity contribution is 7.79. The number of rotatable bonds is 7. The molecular weight excluding hydrogens is 486 g/mol. The summed E-state index contributed by atoms with van der Waals surface area (Å²) >= 11 is 0. The molecule has 0 amide bonds. The van der Waals surface area contributed by atoms with Crippen LogP contribution >= 0.6 is 16.1 Å². The predicted octanol–water partition coefficient (Wildman–Crippen LogP) is 8.70. The first kappa shape index (κ1) is 25.2. The minimum atomic E-state index is -1.43. The summed E-state index contributed by atoms with van der Waals surface area (Å²) in [5, 5.41) is 1.19. The Kier molecular flexibility index (Phi) is 7.92. The quantitative estimate of drug-likeness (QED) is 0.222. The number of halogens is 2. The molecule has 36 heavy (non-hydrogen) atoms. The highest BCUT2D eigenvalue weighted by atomic mass is 31.2. The summed E-state index contributed by atoms with van der Waals surface area (Å²) in [4.78, 5) is 0. The molecule has 4 aromatic rings. The van der Waals surface area contributed by atoms with E-state index in [9.17, 15) is 0 Å². The summed E-state index contributed by atoms with van der Waals surface area (Å²) in [6.07, 6.45) is 2.13. The first-order chi connectivity index (χ1) is 17.6. The lowest BCUT2D eigenvalue weighted by atomic mass is 10.0. The standard InChI is InChI=1S/C31H31F2NP2/c1-23(2)34(36(30-19-11-9-17-26(30)32)31-20-12-10-18-27(31)33)35-28(24-13-5-3-6-14-24)21-22-29(35)25-15-7-4-8-16-25/h3-20,23,28-29H,21-22H2,1-2H3/t28-,29-/m0/s1. The molecule has 0 saturated carbocycles. The van der Waals surface area contributed by atoms with Crippen LogP contribution in [-0.4, -0.2) is 10.5 Å². The second kappa shape index (κ2) is 11.3. The SMILES string of the molecule is CC(C)N(P(c1ccccc1F)c1ccccc1F)P1[C@H](c2ccccc2)CC[C@H]1c1ccccc1. The number of benzene rings is 4. The molecule has 0 spiro atoms. The van der Waals surface area contributed by atoms with Crippen LogP contribution in [0.5, 0.6) is 0 Å². The van der Waals surface area contributed by atoms with Crippen LogP contribution in [-0.2, 0) is 0 Å². The Morgan fingerprint density at radius 1 is 0.639 bits per heavy atom. The van der Waals surface area contributed by atoms with Gasteiger partial charge in [0, 0.05) is 36.0 Å². The average Bonchev–Trinajstić information content (AvgIpc) is 3.33. The Morgan fingerprint density at radius 3 is 1.42 bits per heavy atom. The van der Waals surface area contributed by atoms with Crippen molar-refractivity contribution in [3.8, 4) is 0 Å². The van der Waals surface area contributed by atoms with Gasteiger partial charge in [0.2, 0.25) is 0 Å². The molecule has 0 aliphatic carbocycles. The van der Waals surface area contributed by atoms with Gasteiger partial charge in [-0.25, -0.2) is 13.2 Å². The van der Waals surface area contributed by atoms with Crippen molar-refractivity contribution in [2.24, 2.45) is 0 Å². The molecule has 1 nitrogen and oxygen atoms in total. The van der Waals surface area contributed by atoms with E-state index >= 15 is 8.78 Å². The lowest BCUT2D eigenvalue weighted by molar-refractivity contribution is 0.565. The molecule has 0 N–H and O–H groups in total. The van der Waals surface area contributed by atoms with E-state index in [2.05, 4.69) is 79.0 Å². The van der Waals surface area contributed by atoms with Crippen molar-refractivity contribution in [1.82, 2.24) is 4.44 Å². The zero-order valence-electron chi connectivity index (χ0n) is 20.6. The van der Waals surface area contributed by atoms with Crippen LogP contribution in [0.15, 0.2) is 109 Å². The highest BCUT2D eigenvalue weighted by Gasteiger charge is 2.46. The fourth-order valence-corrected chi connectivity index (χ4v) is 12.9. The Morgan fingerprint density at radius 2 is 1.03 bits per heavy atom. The third-order valence-electron chi connectivity index (χ3n) is 6.79. The monoisotopic (exact) mass is 517 g/mol.